The van der Waals surface area contributed by atoms with E-state index in [1.54, 1.807) is 0 Å². The van der Waals surface area contributed by atoms with Gasteiger partial charge in [-0.05, 0) is 36.6 Å². The van der Waals surface area contributed by atoms with Gasteiger partial charge in [0, 0.05) is 12.2 Å². The second-order valence-electron chi connectivity index (χ2n) is 3.86. The monoisotopic (exact) mass is 210 g/mol. The summed E-state index contributed by atoms with van der Waals surface area (Å²) in [5, 5.41) is 3.39. The van der Waals surface area contributed by atoms with E-state index in [0.29, 0.717) is 0 Å². The van der Waals surface area contributed by atoms with Crippen molar-refractivity contribution in [2.75, 3.05) is 11.9 Å². The first-order chi connectivity index (χ1) is 7.84. The maximum absolute atomic E-state index is 3.91. The summed E-state index contributed by atoms with van der Waals surface area (Å²) < 4.78 is 0. The van der Waals surface area contributed by atoms with Crippen LogP contribution in [-0.4, -0.2) is 6.54 Å². The first-order valence-electron chi connectivity index (χ1n) is 5.54. The van der Waals surface area contributed by atoms with Crippen molar-refractivity contribution in [3.8, 4) is 0 Å². The molecule has 0 aromatic heterocycles. The van der Waals surface area contributed by atoms with Gasteiger partial charge in [-0.3, -0.25) is 0 Å². The lowest BCUT2D eigenvalue weighted by Crippen LogP contribution is -2.04. The average molecular weight is 210 g/mol. The van der Waals surface area contributed by atoms with Crippen molar-refractivity contribution in [2.24, 2.45) is 0 Å². The van der Waals surface area contributed by atoms with Gasteiger partial charge in [0.15, 0.2) is 0 Å². The van der Waals surface area contributed by atoms with Crippen LogP contribution in [0.5, 0.6) is 0 Å². The molecule has 0 heterocycles. The van der Waals surface area contributed by atoms with Gasteiger partial charge in [0.1, 0.15) is 0 Å². The van der Waals surface area contributed by atoms with Crippen LogP contribution in [0.15, 0.2) is 54.6 Å². The average Bonchev–Trinajstić information content (AvgIpc) is 2.30. The van der Waals surface area contributed by atoms with Crippen molar-refractivity contribution >= 4 is 5.69 Å². The molecule has 0 unspecified atom stereocenters. The lowest BCUT2D eigenvalue weighted by molar-refractivity contribution is 1.02. The summed E-state index contributed by atoms with van der Waals surface area (Å²) in [5.74, 6) is 0. The molecule has 1 radical (unpaired) electrons. The maximum Gasteiger partial charge on any atom is 0.0343 e. The zero-order valence-electron chi connectivity index (χ0n) is 9.32. The predicted octanol–water partition coefficient (Wildman–Crippen LogP) is 3.52. The summed E-state index contributed by atoms with van der Waals surface area (Å²) in [7, 11) is 0. The number of hydrogen-bond acceptors (Lipinski definition) is 1. The van der Waals surface area contributed by atoms with Crippen molar-refractivity contribution < 1.29 is 0 Å². The highest BCUT2D eigenvalue weighted by Gasteiger charge is 1.93. The molecule has 2 rings (SSSR count). The van der Waals surface area contributed by atoms with Crippen molar-refractivity contribution in [1.82, 2.24) is 0 Å². The Morgan fingerprint density at radius 1 is 0.938 bits per heavy atom. The minimum Gasteiger partial charge on any atom is -0.385 e. The third-order valence-corrected chi connectivity index (χ3v) is 2.51. The van der Waals surface area contributed by atoms with Gasteiger partial charge in [-0.25, -0.2) is 0 Å². The maximum atomic E-state index is 3.91. The first kappa shape index (κ1) is 10.7. The summed E-state index contributed by atoms with van der Waals surface area (Å²) in [6, 6.07) is 18.7. The summed E-state index contributed by atoms with van der Waals surface area (Å²) in [4.78, 5) is 0. The molecule has 0 spiro atoms. The molecule has 1 nitrogen and oxygen atoms in total. The molecule has 0 saturated heterocycles. The van der Waals surface area contributed by atoms with Crippen LogP contribution in [0.2, 0.25) is 0 Å². The molecular formula is C15H16N. The first-order valence-corrected chi connectivity index (χ1v) is 5.54. The van der Waals surface area contributed by atoms with Gasteiger partial charge in [-0.2, -0.15) is 0 Å². The Bertz CT molecular complexity index is 434. The van der Waals surface area contributed by atoms with E-state index in [1.807, 2.05) is 18.2 Å². The summed E-state index contributed by atoms with van der Waals surface area (Å²) >= 11 is 0. The lowest BCUT2D eigenvalue weighted by Gasteiger charge is -2.06. The minimum absolute atomic E-state index is 0.952. The normalized spacial score (nSPS) is 10.1. The van der Waals surface area contributed by atoms with Crippen molar-refractivity contribution in [2.45, 2.75) is 6.42 Å². The zero-order valence-corrected chi connectivity index (χ0v) is 9.32. The van der Waals surface area contributed by atoms with E-state index in [9.17, 15) is 0 Å². The Kier molecular flexibility index (Phi) is 3.60. The smallest absolute Gasteiger partial charge is 0.0343 e. The van der Waals surface area contributed by atoms with Gasteiger partial charge < -0.3 is 5.32 Å². The van der Waals surface area contributed by atoms with Crippen LogP contribution in [-0.2, 0) is 6.42 Å². The second-order valence-corrected chi connectivity index (χ2v) is 3.86. The quantitative estimate of drug-likeness (QED) is 0.814. The Hall–Kier alpha value is -1.76. The molecule has 1 N–H and O–H groups in total. The standard InChI is InChI=1S/C15H16N/c1-13-6-5-9-15(12-13)16-11-10-14-7-3-2-4-8-14/h2-9,12,16H,1,10-11H2. The van der Waals surface area contributed by atoms with Crippen molar-refractivity contribution in [3.63, 3.8) is 0 Å². The van der Waals surface area contributed by atoms with Crippen LogP contribution in [0.3, 0.4) is 0 Å². The van der Waals surface area contributed by atoms with Crippen LogP contribution in [0.1, 0.15) is 11.1 Å². The number of anilines is 1. The van der Waals surface area contributed by atoms with E-state index >= 15 is 0 Å². The highest BCUT2D eigenvalue weighted by Crippen LogP contribution is 2.09. The number of benzene rings is 2. The molecule has 16 heavy (non-hydrogen) atoms. The van der Waals surface area contributed by atoms with Gasteiger partial charge in [0.05, 0.1) is 0 Å². The summed E-state index contributed by atoms with van der Waals surface area (Å²) in [6.07, 6.45) is 1.04. The molecule has 2 aromatic rings. The second kappa shape index (κ2) is 5.36. The number of hydrogen-bond donors (Lipinski definition) is 1. The Labute approximate surface area is 97.1 Å². The van der Waals surface area contributed by atoms with E-state index in [2.05, 4.69) is 48.6 Å². The molecule has 0 aliphatic heterocycles. The number of nitrogens with one attached hydrogen (secondary N) is 1. The molecule has 0 bridgehead atoms. The Morgan fingerprint density at radius 2 is 1.75 bits per heavy atom. The Balaban J connectivity index is 1.85. The molecule has 1 heteroatoms. The van der Waals surface area contributed by atoms with Crippen LogP contribution in [0.4, 0.5) is 5.69 Å². The molecule has 0 aliphatic rings. The van der Waals surface area contributed by atoms with Gasteiger partial charge in [-0.1, -0.05) is 42.5 Å². The van der Waals surface area contributed by atoms with E-state index in [1.165, 1.54) is 5.56 Å². The largest absolute Gasteiger partial charge is 0.385 e. The van der Waals surface area contributed by atoms with Crippen LogP contribution >= 0.6 is 0 Å². The van der Waals surface area contributed by atoms with E-state index < -0.39 is 0 Å². The molecule has 0 fully saturated rings. The lowest BCUT2D eigenvalue weighted by atomic mass is 10.1. The van der Waals surface area contributed by atoms with E-state index in [0.717, 1.165) is 24.2 Å². The van der Waals surface area contributed by atoms with Gasteiger partial charge in [-0.15, -0.1) is 0 Å². The SMILES string of the molecule is [CH2]c1cccc(NCCc2ccccc2)c1. The third-order valence-electron chi connectivity index (χ3n) is 2.51. The molecule has 2 aromatic carbocycles. The van der Waals surface area contributed by atoms with Gasteiger partial charge in [0.25, 0.3) is 0 Å². The molecule has 81 valence electrons. The van der Waals surface area contributed by atoms with Crippen molar-refractivity contribution in [1.29, 1.82) is 0 Å². The molecule has 0 aliphatic carbocycles. The predicted molar refractivity (Wildman–Crippen MR) is 69.5 cm³/mol. The van der Waals surface area contributed by atoms with E-state index in [-0.39, 0.29) is 0 Å². The van der Waals surface area contributed by atoms with Crippen molar-refractivity contribution in [3.05, 3.63) is 72.6 Å². The van der Waals surface area contributed by atoms with Crippen LogP contribution in [0.25, 0.3) is 0 Å². The number of rotatable bonds is 4. The highest BCUT2D eigenvalue weighted by molar-refractivity contribution is 5.46. The Morgan fingerprint density at radius 3 is 2.50 bits per heavy atom. The molecule has 0 amide bonds. The highest BCUT2D eigenvalue weighted by atomic mass is 14.9. The van der Waals surface area contributed by atoms with Crippen LogP contribution < -0.4 is 5.32 Å². The van der Waals surface area contributed by atoms with E-state index in [4.69, 9.17) is 0 Å². The summed E-state index contributed by atoms with van der Waals surface area (Å²) in [5.41, 5.74) is 3.55. The molecular weight excluding hydrogens is 194 g/mol. The summed E-state index contributed by atoms with van der Waals surface area (Å²) in [6.45, 7) is 4.86. The van der Waals surface area contributed by atoms with Crippen LogP contribution in [0, 0.1) is 6.92 Å². The van der Waals surface area contributed by atoms with Gasteiger partial charge >= 0.3 is 0 Å². The molecule has 0 atom stereocenters. The fourth-order valence-corrected chi connectivity index (χ4v) is 1.68. The molecule has 0 saturated carbocycles. The topological polar surface area (TPSA) is 12.0 Å². The zero-order chi connectivity index (χ0) is 11.2. The minimum atomic E-state index is 0.952. The third kappa shape index (κ3) is 3.13. The fourth-order valence-electron chi connectivity index (χ4n) is 1.68. The fraction of sp³-hybridized carbons (Fsp3) is 0.133. The van der Waals surface area contributed by atoms with Gasteiger partial charge in [0.2, 0.25) is 0 Å².